The first kappa shape index (κ1) is 26.2. The molecular weight excluding hydrogens is 549 g/mol. The monoisotopic (exact) mass is 575 g/mol. The fourth-order valence-corrected chi connectivity index (χ4v) is 6.51. The van der Waals surface area contributed by atoms with E-state index in [1.165, 1.54) is 12.1 Å². The van der Waals surface area contributed by atoms with Crippen LogP contribution in [0.1, 0.15) is 28.4 Å². The van der Waals surface area contributed by atoms with Gasteiger partial charge in [-0.1, -0.05) is 37.3 Å². The maximum Gasteiger partial charge on any atom is 0.254 e. The van der Waals surface area contributed by atoms with Crippen LogP contribution in [0.25, 0.3) is 27.3 Å². The number of hydrogen-bond acceptors (Lipinski definition) is 6. The van der Waals surface area contributed by atoms with Crippen molar-refractivity contribution >= 4 is 32.0 Å². The predicted octanol–water partition coefficient (Wildman–Crippen LogP) is 5.87. The fourth-order valence-electron chi connectivity index (χ4n) is 5.05. The van der Waals surface area contributed by atoms with Gasteiger partial charge in [0.05, 0.1) is 12.2 Å². The molecule has 0 radical (unpaired) electrons. The molecule has 0 saturated carbocycles. The molecule has 1 aliphatic heterocycles. The minimum atomic E-state index is -3.76. The highest BCUT2D eigenvalue weighted by molar-refractivity contribution is 7.90. The number of carbonyl (C=O) groups is 1. The van der Waals surface area contributed by atoms with Crippen LogP contribution in [-0.2, 0) is 22.8 Å². The molecule has 10 heteroatoms. The number of fused-ring (bicyclic) bond motifs is 2. The van der Waals surface area contributed by atoms with Gasteiger partial charge in [-0.2, -0.15) is 0 Å². The summed E-state index contributed by atoms with van der Waals surface area (Å²) in [5.41, 5.74) is 5.04. The Morgan fingerprint density at radius 3 is 2.55 bits per heavy atom. The van der Waals surface area contributed by atoms with Crippen LogP contribution in [0.15, 0.2) is 77.3 Å². The van der Waals surface area contributed by atoms with Gasteiger partial charge in [-0.25, -0.2) is 17.8 Å². The zero-order chi connectivity index (χ0) is 28.0. The smallest absolute Gasteiger partial charge is 0.254 e. The number of halogens is 1. The summed E-state index contributed by atoms with van der Waals surface area (Å²) in [6.07, 6.45) is 5.15. The highest BCUT2D eigenvalue weighted by atomic mass is 32.2. The van der Waals surface area contributed by atoms with Crippen molar-refractivity contribution < 1.29 is 22.3 Å². The Morgan fingerprint density at radius 2 is 1.82 bits per heavy atom. The van der Waals surface area contributed by atoms with Crippen LogP contribution in [-0.4, -0.2) is 48.0 Å². The molecule has 7 nitrogen and oxygen atoms in total. The molecule has 6 rings (SSSR count). The molecule has 40 heavy (non-hydrogen) atoms. The summed E-state index contributed by atoms with van der Waals surface area (Å²) >= 11 is 1.59. The number of nitrogens with zero attached hydrogens (tertiary/aromatic N) is 3. The lowest BCUT2D eigenvalue weighted by Crippen LogP contribution is -2.33. The highest BCUT2D eigenvalue weighted by Gasteiger charge is 2.27. The Labute approximate surface area is 235 Å². The number of ether oxygens (including phenoxy) is 1. The quantitative estimate of drug-likeness (QED) is 0.262. The Bertz CT molecular complexity index is 1830. The van der Waals surface area contributed by atoms with Crippen LogP contribution in [0.4, 0.5) is 4.39 Å². The van der Waals surface area contributed by atoms with E-state index in [1.807, 2.05) is 64.6 Å². The van der Waals surface area contributed by atoms with E-state index in [0.29, 0.717) is 18.9 Å². The second-order valence-electron chi connectivity index (χ2n) is 9.72. The third-order valence-electron chi connectivity index (χ3n) is 7.13. The molecule has 3 heterocycles. The number of benzene rings is 3. The first-order chi connectivity index (χ1) is 19.2. The van der Waals surface area contributed by atoms with Crippen molar-refractivity contribution in [1.29, 1.82) is 0 Å². The molecule has 0 unspecified atom stereocenters. The molecule has 0 N–H and O–H groups in total. The van der Waals surface area contributed by atoms with Gasteiger partial charge in [0.1, 0.15) is 23.1 Å². The molecule has 0 spiro atoms. The normalized spacial score (nSPS) is 13.6. The van der Waals surface area contributed by atoms with Gasteiger partial charge >= 0.3 is 0 Å². The van der Waals surface area contributed by atoms with Gasteiger partial charge in [-0.3, -0.25) is 9.20 Å². The topological polar surface area (TPSA) is 81.0 Å². The highest BCUT2D eigenvalue weighted by Crippen LogP contribution is 2.32. The standard InChI is InChI=1S/C30H26FN3O4S2/c1-3-23-24(9-11-27(28(23)31)40(2,36)37)29(35)33-12-14-38-26-10-8-21(16-22(26)17-33)19-4-6-20(7-5-19)25-18-34-13-15-39-30(34)32-25/h4-11,13,15-16,18H,3,12,14,17H2,1-2H3. The third kappa shape index (κ3) is 4.77. The maximum absolute atomic E-state index is 15.1. The average molecular weight is 576 g/mol. The Balaban J connectivity index is 1.27. The molecule has 2 aromatic heterocycles. The molecule has 5 aromatic rings. The van der Waals surface area contributed by atoms with E-state index in [-0.39, 0.29) is 30.0 Å². The number of thiazole rings is 1. The minimum absolute atomic E-state index is 0.102. The SMILES string of the molecule is CCc1c(C(=O)N2CCOc3ccc(-c4ccc(-c5cn6ccsc6n5)cc4)cc3C2)ccc(S(C)(=O)=O)c1F. The van der Waals surface area contributed by atoms with E-state index in [9.17, 15) is 13.2 Å². The lowest BCUT2D eigenvalue weighted by atomic mass is 10.00. The zero-order valence-corrected chi connectivity index (χ0v) is 23.6. The van der Waals surface area contributed by atoms with Gasteiger partial charge in [0.15, 0.2) is 14.8 Å². The molecule has 204 valence electrons. The van der Waals surface area contributed by atoms with E-state index in [0.717, 1.165) is 39.2 Å². The number of sulfone groups is 1. The molecule has 0 bridgehead atoms. The van der Waals surface area contributed by atoms with E-state index in [1.54, 1.807) is 23.2 Å². The Morgan fingerprint density at radius 1 is 1.07 bits per heavy atom. The van der Waals surface area contributed by atoms with Crippen LogP contribution in [0.5, 0.6) is 5.75 Å². The average Bonchev–Trinajstić information content (AvgIpc) is 3.48. The fraction of sp³-hybridized carbons (Fsp3) is 0.200. The number of hydrogen-bond donors (Lipinski definition) is 0. The van der Waals surface area contributed by atoms with Crippen LogP contribution in [0.3, 0.4) is 0 Å². The summed E-state index contributed by atoms with van der Waals surface area (Å²) in [6.45, 7) is 2.60. The van der Waals surface area contributed by atoms with E-state index >= 15 is 4.39 Å². The Hall–Kier alpha value is -4.02. The van der Waals surface area contributed by atoms with Crippen molar-refractivity contribution in [2.24, 2.45) is 0 Å². The van der Waals surface area contributed by atoms with Gasteiger partial charge in [0, 0.05) is 52.8 Å². The van der Waals surface area contributed by atoms with Gasteiger partial charge in [0.2, 0.25) is 0 Å². The van der Waals surface area contributed by atoms with Crippen molar-refractivity contribution in [1.82, 2.24) is 14.3 Å². The van der Waals surface area contributed by atoms with E-state index < -0.39 is 20.5 Å². The summed E-state index contributed by atoms with van der Waals surface area (Å²) in [5.74, 6) is -0.520. The summed E-state index contributed by atoms with van der Waals surface area (Å²) in [4.78, 5) is 20.4. The molecule has 0 atom stereocenters. The van der Waals surface area contributed by atoms with Crippen molar-refractivity contribution in [3.8, 4) is 28.1 Å². The zero-order valence-electron chi connectivity index (χ0n) is 21.9. The third-order valence-corrected chi connectivity index (χ3v) is 9.01. The number of imidazole rings is 1. The van der Waals surface area contributed by atoms with E-state index in [4.69, 9.17) is 4.74 Å². The van der Waals surface area contributed by atoms with Gasteiger partial charge in [-0.05, 0) is 41.8 Å². The summed E-state index contributed by atoms with van der Waals surface area (Å²) < 4.78 is 47.1. The van der Waals surface area contributed by atoms with Crippen LogP contribution in [0.2, 0.25) is 0 Å². The van der Waals surface area contributed by atoms with Gasteiger partial charge in [-0.15, -0.1) is 11.3 Å². The van der Waals surface area contributed by atoms with Crippen LogP contribution in [0, 0.1) is 5.82 Å². The molecular formula is C30H26FN3O4S2. The first-order valence-corrected chi connectivity index (χ1v) is 15.6. The molecule has 1 amide bonds. The number of rotatable bonds is 5. The van der Waals surface area contributed by atoms with Crippen molar-refractivity contribution in [2.75, 3.05) is 19.4 Å². The lowest BCUT2D eigenvalue weighted by molar-refractivity contribution is 0.0731. The second-order valence-corrected chi connectivity index (χ2v) is 12.6. The molecule has 0 fully saturated rings. The van der Waals surface area contributed by atoms with Gasteiger partial charge < -0.3 is 9.64 Å². The number of aromatic nitrogens is 2. The Kier molecular flexibility index (Phi) is 6.67. The number of carbonyl (C=O) groups excluding carboxylic acids is 1. The minimum Gasteiger partial charge on any atom is -0.491 e. The van der Waals surface area contributed by atoms with Crippen molar-refractivity contribution in [3.05, 3.63) is 94.9 Å². The molecule has 0 aliphatic carbocycles. The molecule has 0 saturated heterocycles. The van der Waals surface area contributed by atoms with Crippen LogP contribution >= 0.6 is 11.3 Å². The summed E-state index contributed by atoms with van der Waals surface area (Å²) in [6, 6.07) is 16.7. The van der Waals surface area contributed by atoms with E-state index in [2.05, 4.69) is 4.98 Å². The first-order valence-electron chi connectivity index (χ1n) is 12.8. The van der Waals surface area contributed by atoms with Crippen molar-refractivity contribution in [2.45, 2.75) is 24.8 Å². The second kappa shape index (κ2) is 10.2. The number of amides is 1. The maximum atomic E-state index is 15.1. The lowest BCUT2D eigenvalue weighted by Gasteiger charge is -2.22. The van der Waals surface area contributed by atoms with Gasteiger partial charge in [0.25, 0.3) is 5.91 Å². The van der Waals surface area contributed by atoms with Crippen LogP contribution < -0.4 is 4.74 Å². The molecule has 3 aromatic carbocycles. The molecule has 1 aliphatic rings. The largest absolute Gasteiger partial charge is 0.491 e. The van der Waals surface area contributed by atoms with Crippen molar-refractivity contribution in [3.63, 3.8) is 0 Å². The summed E-state index contributed by atoms with van der Waals surface area (Å²) in [7, 11) is -3.76. The predicted molar refractivity (Wildman–Crippen MR) is 153 cm³/mol. The summed E-state index contributed by atoms with van der Waals surface area (Å²) in [5, 5.41) is 2.00.